The topological polar surface area (TPSA) is 39.7 Å². The first kappa shape index (κ1) is 19.3. The highest BCUT2D eigenvalue weighted by atomic mass is 16.5. The van der Waals surface area contributed by atoms with E-state index in [9.17, 15) is 0 Å². The lowest BCUT2D eigenvalue weighted by Gasteiger charge is -2.28. The third-order valence-electron chi connectivity index (χ3n) is 5.24. The van der Waals surface area contributed by atoms with Crippen molar-refractivity contribution < 1.29 is 14.2 Å². The summed E-state index contributed by atoms with van der Waals surface area (Å²) in [5.74, 6) is 2.44. The van der Waals surface area contributed by atoms with E-state index >= 15 is 0 Å². The molecular weight excluding hydrogens is 362 g/mol. The Morgan fingerprint density at radius 1 is 0.931 bits per heavy atom. The lowest BCUT2D eigenvalue weighted by atomic mass is 9.89. The van der Waals surface area contributed by atoms with Crippen LogP contribution >= 0.6 is 0 Å². The van der Waals surface area contributed by atoms with Gasteiger partial charge in [-0.2, -0.15) is 0 Å². The van der Waals surface area contributed by atoms with Gasteiger partial charge in [0.2, 0.25) is 0 Å². The molecule has 150 valence electrons. The number of ether oxygens (including phenoxy) is 3. The fraction of sp³-hybridized carbons (Fsp3) is 0.280. The van der Waals surface area contributed by atoms with Gasteiger partial charge in [-0.25, -0.2) is 0 Å². The first-order valence-electron chi connectivity index (χ1n) is 10.1. The molecule has 1 aliphatic heterocycles. The first-order chi connectivity index (χ1) is 14.3. The molecule has 4 heteroatoms. The zero-order valence-electron chi connectivity index (χ0n) is 17.0. The molecule has 0 amide bonds. The molecule has 1 heterocycles. The molecule has 3 aromatic rings. The molecular formula is C25H27NO3. The van der Waals surface area contributed by atoms with Gasteiger partial charge in [-0.3, -0.25) is 0 Å². The van der Waals surface area contributed by atoms with Crippen molar-refractivity contribution in [1.82, 2.24) is 5.32 Å². The number of hydrogen-bond acceptors (Lipinski definition) is 4. The van der Waals surface area contributed by atoms with Crippen LogP contribution in [-0.2, 0) is 13.0 Å². The van der Waals surface area contributed by atoms with Gasteiger partial charge in [-0.15, -0.1) is 0 Å². The molecule has 0 fully saturated rings. The lowest BCUT2D eigenvalue weighted by molar-refractivity contribution is 0.284. The van der Waals surface area contributed by atoms with Crippen molar-refractivity contribution in [2.75, 3.05) is 20.3 Å². The van der Waals surface area contributed by atoms with E-state index in [1.54, 1.807) is 7.11 Å². The number of hydrogen-bond donors (Lipinski definition) is 1. The molecule has 0 aromatic heterocycles. The number of benzene rings is 3. The molecule has 0 saturated carbocycles. The van der Waals surface area contributed by atoms with E-state index in [1.807, 2.05) is 31.2 Å². The van der Waals surface area contributed by atoms with Crippen molar-refractivity contribution in [3.8, 4) is 17.2 Å². The Bertz CT molecular complexity index is 956. The number of nitrogens with one attached hydrogen (secondary N) is 1. The smallest absolute Gasteiger partial charge is 0.161 e. The summed E-state index contributed by atoms with van der Waals surface area (Å²) in [6, 6.07) is 22.9. The normalized spacial score (nSPS) is 15.4. The molecule has 0 spiro atoms. The lowest BCUT2D eigenvalue weighted by Crippen LogP contribution is -2.30. The zero-order valence-corrected chi connectivity index (χ0v) is 17.0. The predicted molar refractivity (Wildman–Crippen MR) is 115 cm³/mol. The minimum Gasteiger partial charge on any atom is -0.494 e. The third kappa shape index (κ3) is 4.38. The van der Waals surface area contributed by atoms with Crippen molar-refractivity contribution in [1.29, 1.82) is 0 Å². The Kier molecular flexibility index (Phi) is 6.01. The number of fused-ring (bicyclic) bond motifs is 1. The van der Waals surface area contributed by atoms with Gasteiger partial charge in [0.25, 0.3) is 0 Å². The Hall–Kier alpha value is -2.98. The molecule has 1 unspecified atom stereocenters. The summed E-state index contributed by atoms with van der Waals surface area (Å²) < 4.78 is 17.3. The van der Waals surface area contributed by atoms with Crippen molar-refractivity contribution in [3.63, 3.8) is 0 Å². The second-order valence-electron chi connectivity index (χ2n) is 7.12. The van der Waals surface area contributed by atoms with E-state index in [2.05, 4.69) is 47.8 Å². The molecule has 0 radical (unpaired) electrons. The number of methoxy groups -OCH3 is 1. The van der Waals surface area contributed by atoms with Crippen LogP contribution in [0.3, 0.4) is 0 Å². The van der Waals surface area contributed by atoms with Crippen molar-refractivity contribution in [3.05, 3.63) is 89.0 Å². The maximum atomic E-state index is 6.01. The zero-order chi connectivity index (χ0) is 20.1. The predicted octanol–water partition coefficient (Wildman–Crippen LogP) is 4.91. The fourth-order valence-electron chi connectivity index (χ4n) is 3.81. The molecule has 1 N–H and O–H groups in total. The summed E-state index contributed by atoms with van der Waals surface area (Å²) in [5.41, 5.74) is 4.92. The molecule has 3 aromatic carbocycles. The fourth-order valence-corrected chi connectivity index (χ4v) is 3.81. The van der Waals surface area contributed by atoms with Crippen LogP contribution in [0.2, 0.25) is 0 Å². The average molecular weight is 389 g/mol. The summed E-state index contributed by atoms with van der Waals surface area (Å²) in [6.45, 7) is 4.14. The van der Waals surface area contributed by atoms with Gasteiger partial charge in [0.05, 0.1) is 19.8 Å². The molecule has 0 saturated heterocycles. The van der Waals surface area contributed by atoms with E-state index in [0.29, 0.717) is 13.2 Å². The second kappa shape index (κ2) is 9.01. The van der Waals surface area contributed by atoms with Gasteiger partial charge in [0.15, 0.2) is 11.5 Å². The SMILES string of the molecule is CCOc1ccc2c(c1)CCNC2c1ccc(OCc2ccccc2)c(OC)c1. The van der Waals surface area contributed by atoms with E-state index in [4.69, 9.17) is 14.2 Å². The largest absolute Gasteiger partial charge is 0.494 e. The highest BCUT2D eigenvalue weighted by Gasteiger charge is 2.23. The Morgan fingerprint density at radius 2 is 1.79 bits per heavy atom. The second-order valence-corrected chi connectivity index (χ2v) is 7.12. The summed E-state index contributed by atoms with van der Waals surface area (Å²) in [7, 11) is 1.69. The summed E-state index contributed by atoms with van der Waals surface area (Å²) >= 11 is 0. The van der Waals surface area contributed by atoms with Gasteiger partial charge in [0.1, 0.15) is 12.4 Å². The highest BCUT2D eigenvalue weighted by molar-refractivity contribution is 5.49. The van der Waals surface area contributed by atoms with Gasteiger partial charge in [0, 0.05) is 6.54 Å². The molecule has 29 heavy (non-hydrogen) atoms. The van der Waals surface area contributed by atoms with E-state index in [0.717, 1.165) is 35.8 Å². The number of rotatable bonds is 7. The molecule has 0 aliphatic carbocycles. The maximum absolute atomic E-state index is 6.01. The van der Waals surface area contributed by atoms with E-state index in [-0.39, 0.29) is 6.04 Å². The van der Waals surface area contributed by atoms with E-state index < -0.39 is 0 Å². The van der Waals surface area contributed by atoms with Crippen molar-refractivity contribution in [2.45, 2.75) is 26.0 Å². The summed E-state index contributed by atoms with van der Waals surface area (Å²) in [4.78, 5) is 0. The van der Waals surface area contributed by atoms with Crippen LogP contribution in [0, 0.1) is 0 Å². The van der Waals surface area contributed by atoms with Crippen LogP contribution in [0.5, 0.6) is 17.2 Å². The van der Waals surface area contributed by atoms with Crippen LogP contribution < -0.4 is 19.5 Å². The van der Waals surface area contributed by atoms with Crippen LogP contribution in [0.25, 0.3) is 0 Å². The molecule has 4 rings (SSSR count). The Balaban J connectivity index is 1.57. The minimum absolute atomic E-state index is 0.131. The molecule has 1 atom stereocenters. The Morgan fingerprint density at radius 3 is 2.59 bits per heavy atom. The Labute approximate surface area is 172 Å². The monoisotopic (exact) mass is 389 g/mol. The van der Waals surface area contributed by atoms with Gasteiger partial charge in [-0.05, 0) is 59.9 Å². The van der Waals surface area contributed by atoms with Crippen molar-refractivity contribution >= 4 is 0 Å². The van der Waals surface area contributed by atoms with Crippen molar-refractivity contribution in [2.24, 2.45) is 0 Å². The molecule has 4 nitrogen and oxygen atoms in total. The molecule has 0 bridgehead atoms. The van der Waals surface area contributed by atoms with Crippen LogP contribution in [-0.4, -0.2) is 20.3 Å². The summed E-state index contributed by atoms with van der Waals surface area (Å²) in [5, 5.41) is 3.63. The first-order valence-corrected chi connectivity index (χ1v) is 10.1. The third-order valence-corrected chi connectivity index (χ3v) is 5.24. The highest BCUT2D eigenvalue weighted by Crippen LogP contribution is 2.36. The van der Waals surface area contributed by atoms with Crippen LogP contribution in [0.4, 0.5) is 0 Å². The van der Waals surface area contributed by atoms with E-state index in [1.165, 1.54) is 16.7 Å². The van der Waals surface area contributed by atoms with Gasteiger partial charge < -0.3 is 19.5 Å². The standard InChI is InChI=1S/C25H27NO3/c1-3-28-21-10-11-22-19(15-21)13-14-26-25(22)20-9-12-23(24(16-20)27-2)29-17-18-7-5-4-6-8-18/h4-12,15-16,25-26H,3,13-14,17H2,1-2H3. The average Bonchev–Trinajstić information content (AvgIpc) is 2.78. The summed E-state index contributed by atoms with van der Waals surface area (Å²) in [6.07, 6.45) is 1.00. The van der Waals surface area contributed by atoms with Crippen LogP contribution in [0.15, 0.2) is 66.7 Å². The molecule has 1 aliphatic rings. The van der Waals surface area contributed by atoms with Crippen LogP contribution in [0.1, 0.15) is 35.2 Å². The quantitative estimate of drug-likeness (QED) is 0.623. The maximum Gasteiger partial charge on any atom is 0.161 e. The minimum atomic E-state index is 0.131. The van der Waals surface area contributed by atoms with Gasteiger partial charge in [-0.1, -0.05) is 42.5 Å². The van der Waals surface area contributed by atoms with Gasteiger partial charge >= 0.3 is 0 Å².